The Morgan fingerprint density at radius 2 is 1.95 bits per heavy atom. The van der Waals surface area contributed by atoms with Crippen molar-refractivity contribution in [2.24, 2.45) is 0 Å². The van der Waals surface area contributed by atoms with Crippen molar-refractivity contribution >= 4 is 22.5 Å². The van der Waals surface area contributed by atoms with Gasteiger partial charge in [-0.25, -0.2) is 4.98 Å². The second kappa shape index (κ2) is 4.97. The third-order valence-corrected chi connectivity index (χ3v) is 3.64. The lowest BCUT2D eigenvalue weighted by Crippen LogP contribution is -1.97. The van der Waals surface area contributed by atoms with Crippen molar-refractivity contribution in [1.82, 2.24) is 15.0 Å². The Bertz CT molecular complexity index is 812. The van der Waals surface area contributed by atoms with Crippen molar-refractivity contribution < 1.29 is 4.74 Å². The van der Waals surface area contributed by atoms with E-state index >= 15 is 0 Å². The van der Waals surface area contributed by atoms with Crippen LogP contribution in [0, 0.1) is 0 Å². The van der Waals surface area contributed by atoms with E-state index in [-0.39, 0.29) is 0 Å². The number of halogens is 1. The van der Waals surface area contributed by atoms with Gasteiger partial charge in [-0.1, -0.05) is 29.8 Å². The first-order valence-electron chi connectivity index (χ1n) is 6.86. The Balaban J connectivity index is 1.74. The molecule has 2 heterocycles. The molecule has 1 saturated carbocycles. The topological polar surface area (TPSA) is 47.9 Å². The van der Waals surface area contributed by atoms with E-state index in [1.54, 1.807) is 12.3 Å². The molecule has 1 aliphatic rings. The number of pyridine rings is 1. The van der Waals surface area contributed by atoms with Gasteiger partial charge in [-0.3, -0.25) is 4.98 Å². The summed E-state index contributed by atoms with van der Waals surface area (Å²) >= 11 is 6.06. The average Bonchev–Trinajstić information content (AvgIpc) is 3.32. The van der Waals surface area contributed by atoms with Gasteiger partial charge < -0.3 is 4.74 Å². The molecule has 4 nitrogen and oxygen atoms in total. The molecule has 0 saturated heterocycles. The molecule has 4 rings (SSSR count). The number of nitrogens with zero attached hydrogens (tertiary/aromatic N) is 3. The molecular formula is C16H12ClN3O. The van der Waals surface area contributed by atoms with Crippen LogP contribution in [0.3, 0.4) is 0 Å². The summed E-state index contributed by atoms with van der Waals surface area (Å²) in [6.07, 6.45) is 3.99. The maximum absolute atomic E-state index is 6.06. The van der Waals surface area contributed by atoms with Crippen LogP contribution in [0.4, 0.5) is 0 Å². The van der Waals surface area contributed by atoms with Crippen LogP contribution in [0.2, 0.25) is 5.15 Å². The van der Waals surface area contributed by atoms with E-state index in [4.69, 9.17) is 16.3 Å². The lowest BCUT2D eigenvalue weighted by Gasteiger charge is -2.08. The Morgan fingerprint density at radius 3 is 2.81 bits per heavy atom. The Labute approximate surface area is 126 Å². The number of hydrogen-bond donors (Lipinski definition) is 0. The number of hydrogen-bond acceptors (Lipinski definition) is 4. The molecule has 1 aromatic carbocycles. The van der Waals surface area contributed by atoms with Crippen molar-refractivity contribution in [2.45, 2.75) is 18.8 Å². The lowest BCUT2D eigenvalue weighted by molar-refractivity contribution is 0.462. The molecule has 5 heteroatoms. The van der Waals surface area contributed by atoms with Crippen LogP contribution in [0.15, 0.2) is 42.6 Å². The van der Waals surface area contributed by atoms with Crippen molar-refractivity contribution in [3.05, 3.63) is 53.6 Å². The summed E-state index contributed by atoms with van der Waals surface area (Å²) in [7, 11) is 0. The van der Waals surface area contributed by atoms with Gasteiger partial charge in [-0.05, 0) is 25.0 Å². The fraction of sp³-hybridized carbons (Fsp3) is 0.188. The zero-order valence-corrected chi connectivity index (χ0v) is 11.9. The Morgan fingerprint density at radius 1 is 1.10 bits per heavy atom. The monoisotopic (exact) mass is 297 g/mol. The smallest absolute Gasteiger partial charge is 0.224 e. The molecule has 0 N–H and O–H groups in total. The van der Waals surface area contributed by atoms with E-state index in [0.717, 1.165) is 29.6 Å². The fourth-order valence-corrected chi connectivity index (χ4v) is 2.44. The molecule has 0 amide bonds. The highest BCUT2D eigenvalue weighted by Gasteiger charge is 2.27. The molecule has 104 valence electrons. The molecule has 0 atom stereocenters. The summed E-state index contributed by atoms with van der Waals surface area (Å²) < 4.78 is 5.89. The first-order chi connectivity index (χ1) is 10.3. The quantitative estimate of drug-likeness (QED) is 0.674. The van der Waals surface area contributed by atoms with Gasteiger partial charge in [-0.2, -0.15) is 4.98 Å². The van der Waals surface area contributed by atoms with Crippen molar-refractivity contribution in [1.29, 1.82) is 0 Å². The molecule has 1 fully saturated rings. The van der Waals surface area contributed by atoms with E-state index in [2.05, 4.69) is 15.0 Å². The van der Waals surface area contributed by atoms with Gasteiger partial charge in [0.05, 0.1) is 0 Å². The van der Waals surface area contributed by atoms with E-state index in [1.807, 2.05) is 30.3 Å². The molecule has 1 aliphatic carbocycles. The summed E-state index contributed by atoms with van der Waals surface area (Å²) in [5.74, 6) is 2.34. The maximum atomic E-state index is 6.06. The zero-order chi connectivity index (χ0) is 14.2. The zero-order valence-electron chi connectivity index (χ0n) is 11.2. The second-order valence-electron chi connectivity index (χ2n) is 5.09. The highest BCUT2D eigenvalue weighted by Crippen LogP contribution is 2.39. The van der Waals surface area contributed by atoms with Gasteiger partial charge >= 0.3 is 0 Å². The summed E-state index contributed by atoms with van der Waals surface area (Å²) in [6, 6.07) is 11.3. The van der Waals surface area contributed by atoms with Crippen LogP contribution in [0.1, 0.15) is 24.6 Å². The fourth-order valence-electron chi connectivity index (χ4n) is 2.26. The van der Waals surface area contributed by atoms with Crippen LogP contribution in [0.25, 0.3) is 10.9 Å². The molecule has 0 unspecified atom stereocenters. The lowest BCUT2D eigenvalue weighted by atomic mass is 10.2. The number of aromatic nitrogens is 3. The van der Waals surface area contributed by atoms with E-state index in [1.165, 1.54) is 0 Å². The van der Waals surface area contributed by atoms with E-state index in [9.17, 15) is 0 Å². The molecule has 0 spiro atoms. The summed E-state index contributed by atoms with van der Waals surface area (Å²) in [5.41, 5.74) is 0.808. The molecule has 0 aliphatic heterocycles. The summed E-state index contributed by atoms with van der Waals surface area (Å²) in [4.78, 5) is 13.1. The minimum Gasteiger partial charge on any atom is -0.437 e. The van der Waals surface area contributed by atoms with Crippen LogP contribution in [0.5, 0.6) is 11.6 Å². The number of para-hydroxylation sites is 1. The molecule has 3 aromatic rings. The predicted molar refractivity (Wildman–Crippen MR) is 80.8 cm³/mol. The third-order valence-electron chi connectivity index (χ3n) is 3.44. The van der Waals surface area contributed by atoms with Gasteiger partial charge in [0.2, 0.25) is 5.88 Å². The van der Waals surface area contributed by atoms with Crippen LogP contribution >= 0.6 is 11.6 Å². The highest BCUT2D eigenvalue weighted by molar-refractivity contribution is 6.29. The van der Waals surface area contributed by atoms with Gasteiger partial charge in [0, 0.05) is 23.6 Å². The number of rotatable bonds is 3. The number of benzene rings is 1. The minimum absolute atomic E-state index is 0.412. The summed E-state index contributed by atoms with van der Waals surface area (Å²) in [5, 5.41) is 1.44. The summed E-state index contributed by atoms with van der Waals surface area (Å²) in [6.45, 7) is 0. The van der Waals surface area contributed by atoms with E-state index in [0.29, 0.717) is 22.7 Å². The number of fused-ring (bicyclic) bond motifs is 1. The Kier molecular flexibility index (Phi) is 2.97. The highest BCUT2D eigenvalue weighted by atomic mass is 35.5. The van der Waals surface area contributed by atoms with Crippen LogP contribution < -0.4 is 4.74 Å². The SMILES string of the molecule is Clc1cc(Oc2cccc3cccnc23)nc(C2CC2)n1. The van der Waals surface area contributed by atoms with Crippen LogP contribution in [-0.2, 0) is 0 Å². The standard InChI is InChI=1S/C16H12ClN3O/c17-13-9-14(20-16(19-13)11-6-7-11)21-12-5-1-3-10-4-2-8-18-15(10)12/h1-5,8-9,11H,6-7H2. The first-order valence-corrected chi connectivity index (χ1v) is 7.23. The first kappa shape index (κ1) is 12.5. The normalized spacial score (nSPS) is 14.3. The number of ether oxygens (including phenoxy) is 1. The van der Waals surface area contributed by atoms with Gasteiger partial charge in [0.1, 0.15) is 16.5 Å². The van der Waals surface area contributed by atoms with Gasteiger partial charge in [0.15, 0.2) is 5.75 Å². The predicted octanol–water partition coefficient (Wildman–Crippen LogP) is 4.35. The minimum atomic E-state index is 0.412. The third kappa shape index (κ3) is 2.54. The van der Waals surface area contributed by atoms with E-state index < -0.39 is 0 Å². The maximum Gasteiger partial charge on any atom is 0.224 e. The second-order valence-corrected chi connectivity index (χ2v) is 5.48. The molecule has 21 heavy (non-hydrogen) atoms. The largest absolute Gasteiger partial charge is 0.437 e. The molecule has 0 bridgehead atoms. The van der Waals surface area contributed by atoms with Crippen molar-refractivity contribution in [3.8, 4) is 11.6 Å². The Hall–Kier alpha value is -2.20. The van der Waals surface area contributed by atoms with Crippen LogP contribution in [-0.4, -0.2) is 15.0 Å². The molecule has 0 radical (unpaired) electrons. The van der Waals surface area contributed by atoms with Gasteiger partial charge in [-0.15, -0.1) is 0 Å². The average molecular weight is 298 g/mol. The van der Waals surface area contributed by atoms with Gasteiger partial charge in [0.25, 0.3) is 0 Å². The molecule has 2 aromatic heterocycles. The van der Waals surface area contributed by atoms with Crippen molar-refractivity contribution in [3.63, 3.8) is 0 Å². The molecular weight excluding hydrogens is 286 g/mol. The van der Waals surface area contributed by atoms with Crippen molar-refractivity contribution in [2.75, 3.05) is 0 Å².